The van der Waals surface area contributed by atoms with Crippen LogP contribution in [0.3, 0.4) is 0 Å². The van der Waals surface area contributed by atoms with E-state index in [1.54, 1.807) is 6.40 Å². The molecule has 72 valence electrons. The van der Waals surface area contributed by atoms with Crippen LogP contribution in [-0.4, -0.2) is 37.2 Å². The summed E-state index contributed by atoms with van der Waals surface area (Å²) in [4.78, 5) is 9.60. The zero-order valence-corrected chi connectivity index (χ0v) is 8.71. The zero-order chi connectivity index (χ0) is 9.45. The molecule has 0 aliphatic carbocycles. The molecule has 0 N–H and O–H groups in total. The molecule has 0 aromatic carbocycles. The Balaban J connectivity index is 4.01. The van der Waals surface area contributed by atoms with Crippen LogP contribution >= 0.6 is 0 Å². The summed E-state index contributed by atoms with van der Waals surface area (Å²) < 4.78 is 0.670. The standard InChI is InChI=1S/C9H21N2O/c1-5-10-9-12-11(6-2,7-3)8-4/h9H,5-8H2,1-4H3/q+1. The van der Waals surface area contributed by atoms with Crippen molar-refractivity contribution >= 4 is 6.40 Å². The van der Waals surface area contributed by atoms with Crippen LogP contribution in [0, 0.1) is 0 Å². The maximum absolute atomic E-state index is 5.56. The first kappa shape index (κ1) is 11.4. The minimum absolute atomic E-state index is 0.670. The van der Waals surface area contributed by atoms with E-state index in [0.717, 1.165) is 26.2 Å². The van der Waals surface area contributed by atoms with Gasteiger partial charge in [-0.3, -0.25) is 4.99 Å². The molecule has 0 saturated heterocycles. The van der Waals surface area contributed by atoms with Gasteiger partial charge in [0.05, 0.1) is 0 Å². The van der Waals surface area contributed by atoms with E-state index in [1.165, 1.54) is 0 Å². The highest BCUT2D eigenvalue weighted by Crippen LogP contribution is 2.04. The highest BCUT2D eigenvalue weighted by molar-refractivity contribution is 5.44. The Morgan fingerprint density at radius 2 is 1.58 bits per heavy atom. The highest BCUT2D eigenvalue weighted by Gasteiger charge is 2.21. The van der Waals surface area contributed by atoms with E-state index in [1.807, 2.05) is 6.92 Å². The summed E-state index contributed by atoms with van der Waals surface area (Å²) in [5.41, 5.74) is 0. The Morgan fingerprint density at radius 3 is 1.92 bits per heavy atom. The Morgan fingerprint density at radius 1 is 1.08 bits per heavy atom. The fourth-order valence-electron chi connectivity index (χ4n) is 1.10. The van der Waals surface area contributed by atoms with E-state index in [9.17, 15) is 0 Å². The molecular formula is C9H21N2O+. The van der Waals surface area contributed by atoms with E-state index in [-0.39, 0.29) is 0 Å². The van der Waals surface area contributed by atoms with Gasteiger partial charge in [0.25, 0.3) is 0 Å². The molecule has 0 atom stereocenters. The normalized spacial score (nSPS) is 12.3. The molecule has 3 nitrogen and oxygen atoms in total. The molecule has 0 rings (SSSR count). The molecule has 0 amide bonds. The second-order valence-corrected chi connectivity index (χ2v) is 2.72. The van der Waals surface area contributed by atoms with Gasteiger partial charge < -0.3 is 4.84 Å². The van der Waals surface area contributed by atoms with Crippen molar-refractivity contribution in [3.8, 4) is 0 Å². The molecule has 12 heavy (non-hydrogen) atoms. The average molecular weight is 173 g/mol. The molecule has 0 fully saturated rings. The van der Waals surface area contributed by atoms with Crippen LogP contribution in [0.1, 0.15) is 27.7 Å². The maximum Gasteiger partial charge on any atom is 0.240 e. The molecule has 3 heteroatoms. The van der Waals surface area contributed by atoms with Gasteiger partial charge in [0.15, 0.2) is 0 Å². The molecule has 0 unspecified atom stereocenters. The van der Waals surface area contributed by atoms with Gasteiger partial charge in [-0.25, -0.2) is 0 Å². The molecule has 0 aliphatic heterocycles. The van der Waals surface area contributed by atoms with Crippen molar-refractivity contribution in [2.45, 2.75) is 27.7 Å². The lowest BCUT2D eigenvalue weighted by Crippen LogP contribution is -2.46. The number of nitrogens with zero attached hydrogens (tertiary/aromatic N) is 2. The number of hydrogen-bond acceptors (Lipinski definition) is 2. The van der Waals surface area contributed by atoms with Gasteiger partial charge >= 0.3 is 0 Å². The third-order valence-electron chi connectivity index (χ3n) is 2.26. The summed E-state index contributed by atoms with van der Waals surface area (Å²) in [6.45, 7) is 12.1. The number of hydrogen-bond donors (Lipinski definition) is 0. The fraction of sp³-hybridized carbons (Fsp3) is 0.889. The van der Waals surface area contributed by atoms with E-state index in [4.69, 9.17) is 4.84 Å². The summed E-state index contributed by atoms with van der Waals surface area (Å²) in [5.74, 6) is 0. The third-order valence-corrected chi connectivity index (χ3v) is 2.26. The molecule has 0 bridgehead atoms. The van der Waals surface area contributed by atoms with Gasteiger partial charge in [-0.1, -0.05) is 0 Å². The maximum atomic E-state index is 5.56. The van der Waals surface area contributed by atoms with Crippen molar-refractivity contribution in [2.75, 3.05) is 26.2 Å². The lowest BCUT2D eigenvalue weighted by atomic mass is 10.5. The van der Waals surface area contributed by atoms with Crippen molar-refractivity contribution in [3.05, 3.63) is 0 Å². The Hall–Kier alpha value is -0.570. The molecule has 0 saturated carbocycles. The largest absolute Gasteiger partial charge is 0.303 e. The van der Waals surface area contributed by atoms with Crippen LogP contribution in [0.5, 0.6) is 0 Å². The summed E-state index contributed by atoms with van der Waals surface area (Å²) in [6, 6.07) is 0. The van der Waals surface area contributed by atoms with Crippen LogP contribution in [-0.2, 0) is 4.84 Å². The summed E-state index contributed by atoms with van der Waals surface area (Å²) >= 11 is 0. The van der Waals surface area contributed by atoms with Crippen molar-refractivity contribution in [3.63, 3.8) is 0 Å². The molecule has 0 aromatic heterocycles. The molecule has 0 heterocycles. The number of aliphatic imine (C=N–C) groups is 1. The highest BCUT2D eigenvalue weighted by atomic mass is 16.7. The fourth-order valence-corrected chi connectivity index (χ4v) is 1.10. The Labute approximate surface area is 75.6 Å². The predicted octanol–water partition coefficient (Wildman–Crippen LogP) is 1.84. The number of quaternary nitrogens is 1. The summed E-state index contributed by atoms with van der Waals surface area (Å²) in [7, 11) is 0. The predicted molar refractivity (Wildman–Crippen MR) is 52.0 cm³/mol. The SMILES string of the molecule is CCN=CO[N+](CC)(CC)CC. The monoisotopic (exact) mass is 173 g/mol. The van der Waals surface area contributed by atoms with Crippen LogP contribution in [0.4, 0.5) is 0 Å². The second-order valence-electron chi connectivity index (χ2n) is 2.72. The second kappa shape index (κ2) is 6.00. The van der Waals surface area contributed by atoms with Crippen molar-refractivity contribution in [2.24, 2.45) is 4.99 Å². The molecular weight excluding hydrogens is 152 g/mol. The molecule has 0 aliphatic rings. The lowest BCUT2D eigenvalue weighted by Gasteiger charge is -2.30. The van der Waals surface area contributed by atoms with Crippen LogP contribution in [0.25, 0.3) is 0 Å². The quantitative estimate of drug-likeness (QED) is 0.260. The van der Waals surface area contributed by atoms with Crippen molar-refractivity contribution in [1.29, 1.82) is 0 Å². The third kappa shape index (κ3) is 3.22. The first-order valence-electron chi connectivity index (χ1n) is 4.77. The zero-order valence-electron chi connectivity index (χ0n) is 8.71. The molecule has 0 radical (unpaired) electrons. The Bertz CT molecular complexity index is 122. The van der Waals surface area contributed by atoms with Crippen LogP contribution in [0.2, 0.25) is 0 Å². The smallest absolute Gasteiger partial charge is 0.240 e. The summed E-state index contributed by atoms with van der Waals surface area (Å²) in [5, 5.41) is 0. The van der Waals surface area contributed by atoms with E-state index >= 15 is 0 Å². The number of rotatable bonds is 6. The van der Waals surface area contributed by atoms with Gasteiger partial charge in [0.2, 0.25) is 6.40 Å². The van der Waals surface area contributed by atoms with Gasteiger partial charge in [-0.15, -0.1) is 4.65 Å². The van der Waals surface area contributed by atoms with Crippen molar-refractivity contribution < 1.29 is 9.48 Å². The minimum Gasteiger partial charge on any atom is -0.303 e. The lowest BCUT2D eigenvalue weighted by molar-refractivity contribution is -1.08. The van der Waals surface area contributed by atoms with E-state index in [0.29, 0.717) is 4.65 Å². The van der Waals surface area contributed by atoms with Crippen LogP contribution < -0.4 is 0 Å². The van der Waals surface area contributed by atoms with Gasteiger partial charge in [-0.2, -0.15) is 0 Å². The summed E-state index contributed by atoms with van der Waals surface area (Å²) in [6.07, 6.45) is 1.58. The first-order valence-corrected chi connectivity index (χ1v) is 4.77. The van der Waals surface area contributed by atoms with Gasteiger partial charge in [0, 0.05) is 6.54 Å². The van der Waals surface area contributed by atoms with Crippen LogP contribution in [0.15, 0.2) is 4.99 Å². The van der Waals surface area contributed by atoms with Crippen molar-refractivity contribution in [1.82, 2.24) is 0 Å². The number of hydroxylamine groups is 3. The first-order chi connectivity index (χ1) is 5.74. The average Bonchev–Trinajstić information content (AvgIpc) is 2.14. The molecule has 0 spiro atoms. The van der Waals surface area contributed by atoms with Gasteiger partial charge in [0.1, 0.15) is 19.6 Å². The topological polar surface area (TPSA) is 21.6 Å². The minimum atomic E-state index is 0.670. The van der Waals surface area contributed by atoms with Gasteiger partial charge in [-0.05, 0) is 27.7 Å². The molecule has 0 aromatic rings. The van der Waals surface area contributed by atoms with E-state index < -0.39 is 0 Å². The van der Waals surface area contributed by atoms with E-state index in [2.05, 4.69) is 25.8 Å². The Kier molecular flexibility index (Phi) is 5.72.